The average molecular weight is 320 g/mol. The number of nitrogens with two attached hydrogens (primary N) is 1. The number of benzene rings is 2. The number of likely N-dealkylation sites (tertiary alicyclic amines) is 1. The summed E-state index contributed by atoms with van der Waals surface area (Å²) >= 11 is 0. The molecule has 3 aromatic rings. The first kappa shape index (κ1) is 14.6. The molecule has 1 saturated heterocycles. The Hall–Kier alpha value is -2.95. The van der Waals surface area contributed by atoms with Crippen molar-refractivity contribution in [3.05, 3.63) is 74.0 Å². The maximum atomic E-state index is 13.1. The van der Waals surface area contributed by atoms with Crippen LogP contribution in [-0.2, 0) is 0 Å². The van der Waals surface area contributed by atoms with Crippen molar-refractivity contribution < 1.29 is 4.79 Å². The summed E-state index contributed by atoms with van der Waals surface area (Å²) in [6, 6.07) is 12.9. The van der Waals surface area contributed by atoms with Crippen LogP contribution in [-0.4, -0.2) is 17.4 Å². The minimum absolute atomic E-state index is 0.0163. The molecule has 1 heterocycles. The molecule has 1 aliphatic rings. The van der Waals surface area contributed by atoms with Crippen LogP contribution < -0.4 is 16.6 Å². The topological polar surface area (TPSA) is 80.5 Å². The van der Waals surface area contributed by atoms with E-state index in [1.165, 1.54) is 0 Å². The van der Waals surface area contributed by atoms with Gasteiger partial charge in [-0.15, -0.1) is 0 Å². The van der Waals surface area contributed by atoms with E-state index < -0.39 is 10.9 Å². The largest absolute Gasteiger partial charge is 0.395 e. The summed E-state index contributed by atoms with van der Waals surface area (Å²) in [6.45, 7) is 0.560. The number of hydrogen-bond acceptors (Lipinski definition) is 4. The van der Waals surface area contributed by atoms with Crippen LogP contribution in [0.25, 0.3) is 10.8 Å². The number of carbonyl (C=O) groups is 1. The van der Waals surface area contributed by atoms with Crippen molar-refractivity contribution >= 4 is 22.4 Å². The van der Waals surface area contributed by atoms with Crippen molar-refractivity contribution in [2.24, 2.45) is 0 Å². The van der Waals surface area contributed by atoms with Gasteiger partial charge in [0.25, 0.3) is 5.91 Å². The van der Waals surface area contributed by atoms with Crippen LogP contribution in [0.4, 0.5) is 5.69 Å². The number of anilines is 1. The van der Waals surface area contributed by atoms with Gasteiger partial charge in [-0.3, -0.25) is 14.4 Å². The van der Waals surface area contributed by atoms with Crippen molar-refractivity contribution in [3.8, 4) is 0 Å². The van der Waals surface area contributed by atoms with Gasteiger partial charge in [0.15, 0.2) is 0 Å². The molecular weight excluding hydrogens is 304 g/mol. The Kier molecular flexibility index (Phi) is 3.23. The molecule has 24 heavy (non-hydrogen) atoms. The minimum Gasteiger partial charge on any atom is -0.395 e. The van der Waals surface area contributed by atoms with Crippen molar-refractivity contribution in [3.63, 3.8) is 0 Å². The third-order valence-electron chi connectivity index (χ3n) is 4.85. The van der Waals surface area contributed by atoms with Crippen LogP contribution in [0, 0.1) is 0 Å². The number of hydrogen-bond donors (Lipinski definition) is 1. The zero-order chi connectivity index (χ0) is 16.8. The molecule has 5 heteroatoms. The van der Waals surface area contributed by atoms with Gasteiger partial charge in [-0.2, -0.15) is 0 Å². The third-order valence-corrected chi connectivity index (χ3v) is 4.85. The summed E-state index contributed by atoms with van der Waals surface area (Å²) in [7, 11) is 0. The number of carbonyl (C=O) groups excluding carboxylic acids is 1. The lowest BCUT2D eigenvalue weighted by atomic mass is 9.96. The molecular formula is C19H16N2O3. The summed E-state index contributed by atoms with van der Waals surface area (Å²) < 4.78 is 0. The lowest BCUT2D eigenvalue weighted by molar-refractivity contribution is 0.0737. The first-order valence-corrected chi connectivity index (χ1v) is 7.97. The SMILES string of the molecule is Nc1c(C2CCCN2C(=O)c2cccc3ccccc23)c(=O)c1=O. The molecule has 1 unspecified atom stereocenters. The highest BCUT2D eigenvalue weighted by atomic mass is 16.2. The standard InChI is InChI=1S/C19H16N2O3/c20-16-15(17(22)18(16)23)14-9-4-10-21(14)19(24)13-8-3-6-11-5-1-2-7-12(11)13/h1-3,5-8,14H,4,9-10,20H2. The van der Waals surface area contributed by atoms with Gasteiger partial charge in [-0.1, -0.05) is 36.4 Å². The first-order valence-electron chi connectivity index (χ1n) is 7.97. The Morgan fingerprint density at radius 1 is 1.04 bits per heavy atom. The fourth-order valence-corrected chi connectivity index (χ4v) is 3.63. The van der Waals surface area contributed by atoms with Crippen molar-refractivity contribution in [2.75, 3.05) is 12.3 Å². The van der Waals surface area contributed by atoms with Crippen LogP contribution in [0.15, 0.2) is 52.1 Å². The molecule has 0 spiro atoms. The maximum Gasteiger partial charge on any atom is 0.255 e. The number of nitrogens with zero attached hydrogens (tertiary/aromatic N) is 1. The van der Waals surface area contributed by atoms with E-state index in [0.29, 0.717) is 24.1 Å². The minimum atomic E-state index is -0.630. The molecule has 1 fully saturated rings. The number of rotatable bonds is 2. The van der Waals surface area contributed by atoms with E-state index in [4.69, 9.17) is 5.73 Å². The Bertz CT molecular complexity index is 1030. The molecule has 0 bridgehead atoms. The van der Waals surface area contributed by atoms with Crippen molar-refractivity contribution in [1.29, 1.82) is 0 Å². The predicted octanol–water partition coefficient (Wildman–Crippen LogP) is 2.00. The van der Waals surface area contributed by atoms with E-state index in [1.54, 1.807) is 11.0 Å². The highest BCUT2D eigenvalue weighted by molar-refractivity contribution is 6.07. The highest BCUT2D eigenvalue weighted by Gasteiger charge is 2.37. The predicted molar refractivity (Wildman–Crippen MR) is 92.7 cm³/mol. The molecule has 120 valence electrons. The van der Waals surface area contributed by atoms with Crippen LogP contribution in [0.2, 0.25) is 0 Å². The fourth-order valence-electron chi connectivity index (χ4n) is 3.63. The van der Waals surface area contributed by atoms with Crippen molar-refractivity contribution in [2.45, 2.75) is 18.9 Å². The average Bonchev–Trinajstić information content (AvgIpc) is 3.09. The van der Waals surface area contributed by atoms with E-state index in [-0.39, 0.29) is 17.6 Å². The second-order valence-electron chi connectivity index (χ2n) is 6.17. The Balaban J connectivity index is 1.76. The number of nitrogen functional groups attached to an aromatic ring is 1. The van der Waals surface area contributed by atoms with E-state index in [1.807, 2.05) is 36.4 Å². The maximum absolute atomic E-state index is 13.1. The number of amides is 1. The summed E-state index contributed by atoms with van der Waals surface area (Å²) in [5.41, 5.74) is 5.46. The van der Waals surface area contributed by atoms with Crippen LogP contribution >= 0.6 is 0 Å². The van der Waals surface area contributed by atoms with Gasteiger partial charge in [-0.05, 0) is 29.7 Å². The summed E-state index contributed by atoms with van der Waals surface area (Å²) in [6.07, 6.45) is 1.45. The normalized spacial score (nSPS) is 17.7. The van der Waals surface area contributed by atoms with E-state index >= 15 is 0 Å². The summed E-state index contributed by atoms with van der Waals surface area (Å²) in [5.74, 6) is -0.123. The fraction of sp³-hybridized carbons (Fsp3) is 0.211. The summed E-state index contributed by atoms with van der Waals surface area (Å²) in [5, 5.41) is 1.88. The molecule has 1 atom stereocenters. The zero-order valence-electron chi connectivity index (χ0n) is 13.0. The third kappa shape index (κ3) is 1.98. The van der Waals surface area contributed by atoms with E-state index in [0.717, 1.165) is 17.2 Å². The first-order chi connectivity index (χ1) is 11.6. The molecule has 5 nitrogen and oxygen atoms in total. The Morgan fingerprint density at radius 3 is 2.58 bits per heavy atom. The highest BCUT2D eigenvalue weighted by Crippen LogP contribution is 2.34. The van der Waals surface area contributed by atoms with Crippen molar-refractivity contribution in [1.82, 2.24) is 4.90 Å². The zero-order valence-corrected chi connectivity index (χ0v) is 13.0. The molecule has 2 N–H and O–H groups in total. The molecule has 0 saturated carbocycles. The van der Waals surface area contributed by atoms with Crippen LogP contribution in [0.3, 0.4) is 0 Å². The van der Waals surface area contributed by atoms with Gasteiger partial charge in [0.2, 0.25) is 10.9 Å². The molecule has 1 aliphatic heterocycles. The van der Waals surface area contributed by atoms with Gasteiger partial charge in [0, 0.05) is 12.1 Å². The molecule has 0 aliphatic carbocycles. The molecule has 0 aromatic heterocycles. The molecule has 3 aromatic carbocycles. The quantitative estimate of drug-likeness (QED) is 0.732. The van der Waals surface area contributed by atoms with Gasteiger partial charge in [-0.25, -0.2) is 0 Å². The van der Waals surface area contributed by atoms with Crippen LogP contribution in [0.5, 0.6) is 0 Å². The van der Waals surface area contributed by atoms with E-state index in [2.05, 4.69) is 0 Å². The second-order valence-corrected chi connectivity index (χ2v) is 6.17. The van der Waals surface area contributed by atoms with E-state index in [9.17, 15) is 14.4 Å². The van der Waals surface area contributed by atoms with Gasteiger partial charge in [0.05, 0.1) is 17.3 Å². The van der Waals surface area contributed by atoms with Gasteiger partial charge in [0.1, 0.15) is 0 Å². The Morgan fingerprint density at radius 2 is 1.79 bits per heavy atom. The smallest absolute Gasteiger partial charge is 0.255 e. The summed E-state index contributed by atoms with van der Waals surface area (Å²) in [4.78, 5) is 38.0. The molecule has 1 amide bonds. The van der Waals surface area contributed by atoms with Gasteiger partial charge >= 0.3 is 0 Å². The molecule has 0 radical (unpaired) electrons. The lowest BCUT2D eigenvalue weighted by Crippen LogP contribution is -2.43. The lowest BCUT2D eigenvalue weighted by Gasteiger charge is -2.26. The molecule has 4 rings (SSSR count). The number of fused-ring (bicyclic) bond motifs is 1. The van der Waals surface area contributed by atoms with Gasteiger partial charge < -0.3 is 10.6 Å². The second kappa shape index (κ2) is 5.30. The monoisotopic (exact) mass is 320 g/mol. The Labute approximate surface area is 138 Å². The van der Waals surface area contributed by atoms with Crippen LogP contribution in [0.1, 0.15) is 34.8 Å².